The van der Waals surface area contributed by atoms with Gasteiger partial charge in [0.1, 0.15) is 11.3 Å². The third-order valence-electron chi connectivity index (χ3n) is 6.18. The van der Waals surface area contributed by atoms with Crippen molar-refractivity contribution in [3.63, 3.8) is 0 Å². The summed E-state index contributed by atoms with van der Waals surface area (Å²) in [4.78, 5) is 27.3. The van der Waals surface area contributed by atoms with Gasteiger partial charge in [0.15, 0.2) is 29.4 Å². The van der Waals surface area contributed by atoms with Crippen LogP contribution in [0.4, 0.5) is 14.5 Å². The molecule has 5 rings (SSSR count). The lowest BCUT2D eigenvalue weighted by Gasteiger charge is -2.40. The zero-order valence-electron chi connectivity index (χ0n) is 18.3. The second-order valence-electron chi connectivity index (χ2n) is 8.50. The van der Waals surface area contributed by atoms with Crippen LogP contribution in [0.3, 0.4) is 0 Å². The fraction of sp³-hybridized carbons (Fsp3) is 0.280. The topological polar surface area (TPSA) is 72.1 Å². The van der Waals surface area contributed by atoms with Gasteiger partial charge in [-0.15, -0.1) is 0 Å². The van der Waals surface area contributed by atoms with Gasteiger partial charge >= 0.3 is 0 Å². The molecule has 3 heterocycles. The molecule has 1 aliphatic rings. The van der Waals surface area contributed by atoms with Crippen molar-refractivity contribution in [2.45, 2.75) is 38.6 Å². The van der Waals surface area contributed by atoms with Gasteiger partial charge in [-0.3, -0.25) is 4.79 Å². The van der Waals surface area contributed by atoms with Gasteiger partial charge in [-0.05, 0) is 50.5 Å². The molecule has 0 unspecified atom stereocenters. The third kappa shape index (κ3) is 3.86. The van der Waals surface area contributed by atoms with Crippen molar-refractivity contribution in [3.05, 3.63) is 71.4 Å². The first-order valence-corrected chi connectivity index (χ1v) is 10.8. The predicted molar refractivity (Wildman–Crippen MR) is 120 cm³/mol. The van der Waals surface area contributed by atoms with Crippen LogP contribution in [0.25, 0.3) is 22.5 Å². The van der Waals surface area contributed by atoms with Crippen molar-refractivity contribution in [2.75, 3.05) is 11.4 Å². The minimum atomic E-state index is -0.737. The maximum absolute atomic E-state index is 14.2. The van der Waals surface area contributed by atoms with Crippen molar-refractivity contribution in [1.82, 2.24) is 15.0 Å². The van der Waals surface area contributed by atoms with E-state index in [4.69, 9.17) is 4.42 Å². The van der Waals surface area contributed by atoms with Crippen molar-refractivity contribution >= 4 is 23.1 Å². The molecule has 8 heteroatoms. The molecule has 1 fully saturated rings. The number of aryl methyl sites for hydroxylation is 1. The Balaban J connectivity index is 1.58. The van der Waals surface area contributed by atoms with Gasteiger partial charge in [0, 0.05) is 48.4 Å². The molecule has 0 N–H and O–H groups in total. The van der Waals surface area contributed by atoms with Crippen LogP contribution in [0.5, 0.6) is 0 Å². The highest BCUT2D eigenvalue weighted by molar-refractivity contribution is 5.93. The molecule has 0 radical (unpaired) electrons. The van der Waals surface area contributed by atoms with Crippen LogP contribution in [0.15, 0.2) is 47.1 Å². The number of hydrogen-bond donors (Lipinski definition) is 0. The molecule has 2 aromatic heterocycles. The van der Waals surface area contributed by atoms with Gasteiger partial charge in [-0.1, -0.05) is 0 Å². The first-order valence-electron chi connectivity index (χ1n) is 10.8. The van der Waals surface area contributed by atoms with Gasteiger partial charge in [-0.25, -0.2) is 23.7 Å². The highest BCUT2D eigenvalue weighted by atomic mass is 19.1. The summed E-state index contributed by atoms with van der Waals surface area (Å²) >= 11 is 0. The van der Waals surface area contributed by atoms with Gasteiger partial charge < -0.3 is 9.32 Å². The number of halogens is 2. The van der Waals surface area contributed by atoms with E-state index in [9.17, 15) is 13.6 Å². The molecule has 33 heavy (non-hydrogen) atoms. The highest BCUT2D eigenvalue weighted by Crippen LogP contribution is 2.40. The molecule has 0 amide bonds. The van der Waals surface area contributed by atoms with Gasteiger partial charge in [0.05, 0.1) is 11.5 Å². The number of piperidine rings is 1. The Hall–Kier alpha value is -3.68. The van der Waals surface area contributed by atoms with E-state index >= 15 is 0 Å². The number of hydrogen-bond acceptors (Lipinski definition) is 6. The largest absolute Gasteiger partial charge is 0.440 e. The highest BCUT2D eigenvalue weighted by Gasteiger charge is 2.32. The summed E-state index contributed by atoms with van der Waals surface area (Å²) < 4.78 is 33.6. The van der Waals surface area contributed by atoms with E-state index in [1.807, 2.05) is 19.1 Å². The Kier molecular flexibility index (Phi) is 5.36. The maximum Gasteiger partial charge on any atom is 0.200 e. The van der Waals surface area contributed by atoms with E-state index in [0.29, 0.717) is 29.4 Å². The molecule has 2 aromatic carbocycles. The van der Waals surface area contributed by atoms with Crippen LogP contribution in [-0.2, 0) is 0 Å². The van der Waals surface area contributed by atoms with Crippen molar-refractivity contribution in [2.24, 2.45) is 0 Å². The Morgan fingerprint density at radius 3 is 2.67 bits per heavy atom. The van der Waals surface area contributed by atoms with Crippen molar-refractivity contribution in [1.29, 1.82) is 0 Å². The van der Waals surface area contributed by atoms with E-state index in [-0.39, 0.29) is 23.1 Å². The standard InChI is InChI=1S/C25H22F2N4O2/c1-14-8-17(13-32)22(24-28-6-3-7-29-24)20(9-14)31-12-16(5-4-15(31)2)25-30-23-19(27)10-18(26)11-21(23)33-25/h3,6-11,13,15-16H,4-5,12H2,1-2H3/t15-,16-/m1/s1. The number of anilines is 1. The number of oxazole rings is 1. The molecule has 1 aliphatic heterocycles. The molecule has 0 spiro atoms. The number of rotatable bonds is 4. The summed E-state index contributed by atoms with van der Waals surface area (Å²) in [6.07, 6.45) is 5.74. The van der Waals surface area contributed by atoms with Gasteiger partial charge in [0.2, 0.25) is 0 Å². The number of carbonyl (C=O) groups is 1. The average molecular weight is 448 g/mol. The fourth-order valence-corrected chi connectivity index (χ4v) is 4.58. The molecule has 0 saturated carbocycles. The van der Waals surface area contributed by atoms with Crippen LogP contribution in [0.2, 0.25) is 0 Å². The fourth-order valence-electron chi connectivity index (χ4n) is 4.58. The van der Waals surface area contributed by atoms with E-state index in [0.717, 1.165) is 42.5 Å². The number of aromatic nitrogens is 3. The molecule has 6 nitrogen and oxygen atoms in total. The van der Waals surface area contributed by atoms with E-state index in [1.165, 1.54) is 0 Å². The molecule has 168 valence electrons. The average Bonchev–Trinajstić information content (AvgIpc) is 3.24. The summed E-state index contributed by atoms with van der Waals surface area (Å²) in [5, 5.41) is 0. The molecular weight excluding hydrogens is 426 g/mol. The lowest BCUT2D eigenvalue weighted by atomic mass is 9.91. The van der Waals surface area contributed by atoms with E-state index in [1.54, 1.807) is 18.5 Å². The monoisotopic (exact) mass is 448 g/mol. The summed E-state index contributed by atoms with van der Waals surface area (Å²) in [6, 6.07) is 7.71. The Morgan fingerprint density at radius 2 is 1.91 bits per heavy atom. The number of benzene rings is 2. The number of fused-ring (bicyclic) bond motifs is 1. The lowest BCUT2D eigenvalue weighted by molar-refractivity contribution is 0.112. The van der Waals surface area contributed by atoms with Crippen LogP contribution >= 0.6 is 0 Å². The van der Waals surface area contributed by atoms with Crippen LogP contribution < -0.4 is 4.90 Å². The minimum Gasteiger partial charge on any atom is -0.440 e. The van der Waals surface area contributed by atoms with Gasteiger partial charge in [-0.2, -0.15) is 0 Å². The second-order valence-corrected chi connectivity index (χ2v) is 8.50. The van der Waals surface area contributed by atoms with Crippen LogP contribution in [-0.4, -0.2) is 33.8 Å². The smallest absolute Gasteiger partial charge is 0.200 e. The number of carbonyl (C=O) groups excluding carboxylic acids is 1. The zero-order valence-corrected chi connectivity index (χ0v) is 18.3. The van der Waals surface area contributed by atoms with Gasteiger partial charge in [0.25, 0.3) is 0 Å². The molecular formula is C25H22F2N4O2. The summed E-state index contributed by atoms with van der Waals surface area (Å²) in [5.41, 5.74) is 3.13. The molecule has 1 saturated heterocycles. The summed E-state index contributed by atoms with van der Waals surface area (Å²) in [6.45, 7) is 4.60. The molecule has 0 aliphatic carbocycles. The minimum absolute atomic E-state index is 0.0359. The zero-order chi connectivity index (χ0) is 23.1. The maximum atomic E-state index is 14.2. The molecule has 0 bridgehead atoms. The van der Waals surface area contributed by atoms with Crippen molar-refractivity contribution in [3.8, 4) is 11.4 Å². The van der Waals surface area contributed by atoms with Crippen LogP contribution in [0, 0.1) is 18.6 Å². The summed E-state index contributed by atoms with van der Waals surface area (Å²) in [5.74, 6) is -0.703. The lowest BCUT2D eigenvalue weighted by Crippen LogP contribution is -2.41. The third-order valence-corrected chi connectivity index (χ3v) is 6.18. The number of aldehydes is 1. The van der Waals surface area contributed by atoms with E-state index < -0.39 is 11.6 Å². The first kappa shape index (κ1) is 21.2. The summed E-state index contributed by atoms with van der Waals surface area (Å²) in [7, 11) is 0. The molecule has 2 atom stereocenters. The predicted octanol–water partition coefficient (Wildman–Crippen LogP) is 5.46. The van der Waals surface area contributed by atoms with Crippen LogP contribution in [0.1, 0.15) is 47.5 Å². The van der Waals surface area contributed by atoms with Crippen molar-refractivity contribution < 1.29 is 18.0 Å². The van der Waals surface area contributed by atoms with E-state index in [2.05, 4.69) is 26.8 Å². The Labute approximate surface area is 189 Å². The number of nitrogens with zero attached hydrogens (tertiary/aromatic N) is 4. The normalized spacial score (nSPS) is 18.6. The SMILES string of the molecule is Cc1cc(C=O)c(-c2ncccn2)c(N2C[C@H](c3nc4c(F)cc(F)cc4o3)CC[C@H]2C)c1. The Morgan fingerprint density at radius 1 is 1.12 bits per heavy atom. The second kappa shape index (κ2) is 8.35. The Bertz CT molecular complexity index is 1340. The quantitative estimate of drug-likeness (QED) is 0.386. The molecule has 4 aromatic rings. The first-order chi connectivity index (χ1) is 15.9.